The maximum atomic E-state index is 13.1. The fourth-order valence-corrected chi connectivity index (χ4v) is 3.30. The van der Waals surface area contributed by atoms with E-state index in [0.29, 0.717) is 33.0 Å². The maximum absolute atomic E-state index is 13.1. The number of aromatic amines is 1. The lowest BCUT2D eigenvalue weighted by molar-refractivity contribution is 0.0529. The Morgan fingerprint density at radius 2 is 1.81 bits per heavy atom. The molecule has 2 heterocycles. The standard InChI is InChI=1S/C20H16N2O5/c1-3-27-20(25)16-12-6-4-5-7-13(12)18(23)22-15-10-11(19(24)26-2)8-9-14(15)21-17(16)22/h4-10,21H,3H2,1-2H3. The van der Waals surface area contributed by atoms with Gasteiger partial charge in [-0.1, -0.05) is 18.2 Å². The molecule has 0 amide bonds. The first-order valence-electron chi connectivity index (χ1n) is 8.41. The smallest absolute Gasteiger partial charge is 0.342 e. The summed E-state index contributed by atoms with van der Waals surface area (Å²) in [5.74, 6) is -1.03. The molecule has 0 unspecified atom stereocenters. The average molecular weight is 364 g/mol. The van der Waals surface area contributed by atoms with E-state index in [-0.39, 0.29) is 17.7 Å². The van der Waals surface area contributed by atoms with Gasteiger partial charge in [-0.3, -0.25) is 9.20 Å². The highest BCUT2D eigenvalue weighted by Gasteiger charge is 2.22. The number of methoxy groups -OCH3 is 1. The molecule has 0 aliphatic rings. The number of benzene rings is 2. The average Bonchev–Trinajstić information content (AvgIpc) is 3.06. The molecular weight excluding hydrogens is 348 g/mol. The van der Waals surface area contributed by atoms with E-state index < -0.39 is 11.9 Å². The summed E-state index contributed by atoms with van der Waals surface area (Å²) < 4.78 is 11.4. The Labute approximate surface area is 153 Å². The minimum absolute atomic E-state index is 0.213. The lowest BCUT2D eigenvalue weighted by atomic mass is 10.1. The highest BCUT2D eigenvalue weighted by atomic mass is 16.5. The number of carbonyl (C=O) groups excluding carboxylic acids is 2. The number of nitrogens with zero attached hydrogens (tertiary/aromatic N) is 1. The molecule has 0 spiro atoms. The monoisotopic (exact) mass is 364 g/mol. The van der Waals surface area contributed by atoms with Crippen molar-refractivity contribution >= 4 is 39.4 Å². The lowest BCUT2D eigenvalue weighted by Gasteiger charge is -2.08. The number of fused-ring (bicyclic) bond motifs is 4. The third-order valence-electron chi connectivity index (χ3n) is 4.48. The van der Waals surface area contributed by atoms with E-state index in [2.05, 4.69) is 4.98 Å². The van der Waals surface area contributed by atoms with E-state index in [9.17, 15) is 14.4 Å². The summed E-state index contributed by atoms with van der Waals surface area (Å²) in [6.07, 6.45) is 0. The first kappa shape index (κ1) is 16.8. The molecule has 0 saturated heterocycles. The fraction of sp³-hybridized carbons (Fsp3) is 0.150. The van der Waals surface area contributed by atoms with Crippen LogP contribution in [0.15, 0.2) is 47.3 Å². The quantitative estimate of drug-likeness (QED) is 0.565. The van der Waals surface area contributed by atoms with Gasteiger partial charge in [0.15, 0.2) is 0 Å². The third-order valence-corrected chi connectivity index (χ3v) is 4.48. The van der Waals surface area contributed by atoms with E-state index in [0.717, 1.165) is 0 Å². The van der Waals surface area contributed by atoms with Crippen molar-refractivity contribution in [1.29, 1.82) is 0 Å². The molecule has 7 nitrogen and oxygen atoms in total. The van der Waals surface area contributed by atoms with Crippen molar-refractivity contribution in [2.45, 2.75) is 6.92 Å². The lowest BCUT2D eigenvalue weighted by Crippen LogP contribution is -2.18. The molecule has 0 saturated carbocycles. The zero-order valence-electron chi connectivity index (χ0n) is 14.7. The van der Waals surface area contributed by atoms with Gasteiger partial charge in [0.05, 0.1) is 30.3 Å². The Kier molecular flexibility index (Phi) is 3.92. The number of hydrogen-bond donors (Lipinski definition) is 1. The van der Waals surface area contributed by atoms with Crippen LogP contribution in [0.2, 0.25) is 0 Å². The van der Waals surface area contributed by atoms with Gasteiger partial charge >= 0.3 is 11.9 Å². The largest absolute Gasteiger partial charge is 0.465 e. The van der Waals surface area contributed by atoms with Gasteiger partial charge in [0.25, 0.3) is 5.56 Å². The number of imidazole rings is 1. The van der Waals surface area contributed by atoms with E-state index in [1.165, 1.54) is 11.5 Å². The van der Waals surface area contributed by atoms with Crippen molar-refractivity contribution in [3.8, 4) is 0 Å². The number of aromatic nitrogens is 2. The number of esters is 2. The van der Waals surface area contributed by atoms with Crippen LogP contribution in [0.3, 0.4) is 0 Å². The van der Waals surface area contributed by atoms with Gasteiger partial charge in [-0.2, -0.15) is 0 Å². The minimum atomic E-state index is -0.522. The van der Waals surface area contributed by atoms with Crippen LogP contribution in [0.4, 0.5) is 0 Å². The minimum Gasteiger partial charge on any atom is -0.465 e. The van der Waals surface area contributed by atoms with Gasteiger partial charge in [-0.25, -0.2) is 9.59 Å². The second kappa shape index (κ2) is 6.28. The summed E-state index contributed by atoms with van der Waals surface area (Å²) in [5.41, 5.74) is 1.72. The van der Waals surface area contributed by atoms with Crippen LogP contribution >= 0.6 is 0 Å². The summed E-state index contributed by atoms with van der Waals surface area (Å²) in [6.45, 7) is 1.94. The first-order chi connectivity index (χ1) is 13.1. The maximum Gasteiger partial charge on any atom is 0.342 e. The number of H-pyrrole nitrogens is 1. The molecule has 2 aromatic carbocycles. The summed E-state index contributed by atoms with van der Waals surface area (Å²) >= 11 is 0. The zero-order valence-corrected chi connectivity index (χ0v) is 14.7. The number of rotatable bonds is 3. The predicted octanol–water partition coefficient (Wildman–Crippen LogP) is 2.90. The van der Waals surface area contributed by atoms with E-state index in [1.54, 1.807) is 49.4 Å². The van der Waals surface area contributed by atoms with Crippen molar-refractivity contribution in [3.05, 3.63) is 63.9 Å². The molecule has 2 aromatic heterocycles. The van der Waals surface area contributed by atoms with Crippen LogP contribution in [0, 0.1) is 0 Å². The second-order valence-electron chi connectivity index (χ2n) is 5.98. The predicted molar refractivity (Wildman–Crippen MR) is 100 cm³/mol. The number of carbonyl (C=O) groups is 2. The number of nitrogens with one attached hydrogen (secondary N) is 1. The fourth-order valence-electron chi connectivity index (χ4n) is 3.30. The molecule has 0 fully saturated rings. The van der Waals surface area contributed by atoms with Crippen molar-refractivity contribution in [1.82, 2.24) is 9.38 Å². The molecule has 1 N–H and O–H groups in total. The number of pyridine rings is 1. The van der Waals surface area contributed by atoms with Crippen LogP contribution in [0.1, 0.15) is 27.6 Å². The Balaban J connectivity index is 2.20. The van der Waals surface area contributed by atoms with Crippen LogP contribution in [0.25, 0.3) is 27.5 Å². The van der Waals surface area contributed by atoms with Crippen molar-refractivity contribution in [2.75, 3.05) is 13.7 Å². The summed E-state index contributed by atoms with van der Waals surface area (Å²) in [5, 5.41) is 0.906. The molecule has 0 bridgehead atoms. The zero-order chi connectivity index (χ0) is 19.1. The van der Waals surface area contributed by atoms with Gasteiger partial charge in [-0.15, -0.1) is 0 Å². The van der Waals surface area contributed by atoms with E-state index >= 15 is 0 Å². The van der Waals surface area contributed by atoms with Gasteiger partial charge in [-0.05, 0) is 31.2 Å². The molecule has 27 heavy (non-hydrogen) atoms. The molecule has 0 radical (unpaired) electrons. The van der Waals surface area contributed by atoms with Crippen molar-refractivity contribution < 1.29 is 19.1 Å². The van der Waals surface area contributed by atoms with Crippen LogP contribution in [-0.2, 0) is 9.47 Å². The Bertz CT molecular complexity index is 1280. The van der Waals surface area contributed by atoms with Gasteiger partial charge in [0.1, 0.15) is 11.2 Å². The van der Waals surface area contributed by atoms with Crippen LogP contribution in [0.5, 0.6) is 0 Å². The van der Waals surface area contributed by atoms with Crippen molar-refractivity contribution in [2.24, 2.45) is 0 Å². The topological polar surface area (TPSA) is 89.9 Å². The Hall–Kier alpha value is -3.61. The molecule has 4 aromatic rings. The molecule has 0 aliphatic heterocycles. The van der Waals surface area contributed by atoms with E-state index in [4.69, 9.17) is 9.47 Å². The van der Waals surface area contributed by atoms with Gasteiger partial charge in [0.2, 0.25) is 0 Å². The number of ether oxygens (including phenoxy) is 2. The van der Waals surface area contributed by atoms with Crippen molar-refractivity contribution in [3.63, 3.8) is 0 Å². The summed E-state index contributed by atoms with van der Waals surface area (Å²) in [6, 6.07) is 11.7. The molecule has 7 heteroatoms. The first-order valence-corrected chi connectivity index (χ1v) is 8.41. The van der Waals surface area contributed by atoms with Crippen LogP contribution < -0.4 is 5.56 Å². The summed E-state index contributed by atoms with van der Waals surface area (Å²) in [4.78, 5) is 40.8. The highest BCUT2D eigenvalue weighted by Crippen LogP contribution is 2.25. The van der Waals surface area contributed by atoms with Gasteiger partial charge < -0.3 is 14.5 Å². The second-order valence-corrected chi connectivity index (χ2v) is 5.98. The SMILES string of the molecule is CCOC(=O)c1c2ccccc2c(=O)n2c1[nH]c1ccc(C(=O)OC)cc12. The molecule has 0 atom stereocenters. The normalized spacial score (nSPS) is 11.2. The van der Waals surface area contributed by atoms with Crippen LogP contribution in [-0.4, -0.2) is 35.0 Å². The van der Waals surface area contributed by atoms with E-state index in [1.807, 2.05) is 0 Å². The molecule has 0 aliphatic carbocycles. The molecular formula is C20H16N2O5. The Morgan fingerprint density at radius 3 is 2.52 bits per heavy atom. The number of hydrogen-bond acceptors (Lipinski definition) is 5. The highest BCUT2D eigenvalue weighted by molar-refractivity contribution is 6.10. The summed E-state index contributed by atoms with van der Waals surface area (Å²) in [7, 11) is 1.29. The van der Waals surface area contributed by atoms with Gasteiger partial charge in [0, 0.05) is 10.8 Å². The molecule has 4 rings (SSSR count). The molecule has 136 valence electrons. The Morgan fingerprint density at radius 1 is 1.07 bits per heavy atom. The third kappa shape index (κ3) is 2.47.